The number of rotatable bonds is 19. The molecule has 2 saturated heterocycles. The molecular formula is C47H52N10O8. The topological polar surface area (TPSA) is 225 Å². The first-order valence-corrected chi connectivity index (χ1v) is 21.9. The summed E-state index contributed by atoms with van der Waals surface area (Å²) in [7, 11) is 0. The minimum Gasteiger partial charge on any atom is -0.455 e. The predicted octanol–water partition coefficient (Wildman–Crippen LogP) is 5.23. The van der Waals surface area contributed by atoms with Gasteiger partial charge in [-0.3, -0.25) is 29.3 Å². The Kier molecular flexibility index (Phi) is 14.2. The number of para-hydroxylation sites is 1. The third-order valence-corrected chi connectivity index (χ3v) is 11.7. The fourth-order valence-electron chi connectivity index (χ4n) is 8.46. The molecule has 3 aromatic carbocycles. The summed E-state index contributed by atoms with van der Waals surface area (Å²) in [6.45, 7) is 8.33. The number of hydrogen-bond acceptors (Lipinski definition) is 13. The summed E-state index contributed by atoms with van der Waals surface area (Å²) in [6.07, 6.45) is 6.53. The predicted molar refractivity (Wildman–Crippen MR) is 242 cm³/mol. The van der Waals surface area contributed by atoms with Gasteiger partial charge in [0.15, 0.2) is 11.4 Å². The summed E-state index contributed by atoms with van der Waals surface area (Å²) in [5.41, 5.74) is 10.4. The SMILES string of the molecule is C=CC(=O)Nc1cc(-c2nn(C3CCN(CCCOCCCOCCC(=O)Nc4cccc5c4C(=O)N(C4CCC(=O)NC4=O)C5)CC3)c3ncnc(N)c23)ccc1Oc1ccccc1. The monoisotopic (exact) mass is 884 g/mol. The van der Waals surface area contributed by atoms with Crippen LogP contribution in [0.5, 0.6) is 11.5 Å². The van der Waals surface area contributed by atoms with Crippen molar-refractivity contribution in [1.82, 2.24) is 34.9 Å². The molecule has 0 spiro atoms. The molecule has 65 heavy (non-hydrogen) atoms. The normalized spacial score (nSPS) is 16.6. The molecule has 2 aromatic heterocycles. The molecule has 3 aliphatic rings. The number of carbonyl (C=O) groups excluding carboxylic acids is 5. The molecular weight excluding hydrogens is 833 g/mol. The van der Waals surface area contributed by atoms with Crippen LogP contribution in [0.2, 0.25) is 0 Å². The Hall–Kier alpha value is -7.02. The van der Waals surface area contributed by atoms with Gasteiger partial charge in [0.05, 0.1) is 41.4 Å². The molecule has 0 saturated carbocycles. The summed E-state index contributed by atoms with van der Waals surface area (Å²) < 4.78 is 19.6. The van der Waals surface area contributed by atoms with Crippen molar-refractivity contribution in [3.8, 4) is 22.8 Å². The highest BCUT2D eigenvalue weighted by atomic mass is 16.5. The van der Waals surface area contributed by atoms with Gasteiger partial charge in [-0.25, -0.2) is 14.6 Å². The highest BCUT2D eigenvalue weighted by Crippen LogP contribution is 2.39. The number of nitrogen functional groups attached to an aromatic ring is 1. The van der Waals surface area contributed by atoms with Crippen LogP contribution < -0.4 is 26.4 Å². The molecule has 8 rings (SSSR count). The largest absolute Gasteiger partial charge is 0.455 e. The number of likely N-dealkylation sites (tertiary alicyclic amines) is 1. The lowest BCUT2D eigenvalue weighted by molar-refractivity contribution is -0.137. The molecule has 0 radical (unpaired) electrons. The number of nitrogens with one attached hydrogen (secondary N) is 3. The lowest BCUT2D eigenvalue weighted by Crippen LogP contribution is -2.52. The molecule has 18 nitrogen and oxygen atoms in total. The zero-order chi connectivity index (χ0) is 45.3. The van der Waals surface area contributed by atoms with E-state index in [1.807, 2.05) is 47.1 Å². The molecule has 5 heterocycles. The summed E-state index contributed by atoms with van der Waals surface area (Å²) in [5.74, 6) is -0.420. The third-order valence-electron chi connectivity index (χ3n) is 11.7. The van der Waals surface area contributed by atoms with Gasteiger partial charge in [0.1, 0.15) is 29.6 Å². The minimum absolute atomic E-state index is 0.0980. The highest BCUT2D eigenvalue weighted by molar-refractivity contribution is 6.09. The number of nitrogens with two attached hydrogens (primary N) is 1. The molecule has 5 aromatic rings. The van der Waals surface area contributed by atoms with Crippen LogP contribution in [0.15, 0.2) is 85.7 Å². The van der Waals surface area contributed by atoms with Crippen LogP contribution in [0.4, 0.5) is 17.2 Å². The van der Waals surface area contributed by atoms with Crippen molar-refractivity contribution in [3.05, 3.63) is 96.8 Å². The minimum atomic E-state index is -0.725. The van der Waals surface area contributed by atoms with Crippen molar-refractivity contribution in [3.63, 3.8) is 0 Å². The zero-order valence-corrected chi connectivity index (χ0v) is 36.0. The van der Waals surface area contributed by atoms with E-state index in [1.165, 1.54) is 17.3 Å². The van der Waals surface area contributed by atoms with Gasteiger partial charge in [-0.2, -0.15) is 5.10 Å². The molecule has 5 N–H and O–H groups in total. The van der Waals surface area contributed by atoms with Gasteiger partial charge in [-0.05, 0) is 80.1 Å². The Morgan fingerprint density at radius 2 is 1.68 bits per heavy atom. The third kappa shape index (κ3) is 10.5. The van der Waals surface area contributed by atoms with Crippen molar-refractivity contribution in [1.29, 1.82) is 0 Å². The van der Waals surface area contributed by atoms with Crippen molar-refractivity contribution in [2.75, 3.05) is 62.4 Å². The smallest absolute Gasteiger partial charge is 0.257 e. The van der Waals surface area contributed by atoms with Gasteiger partial charge in [-0.15, -0.1) is 0 Å². The average Bonchev–Trinajstić information content (AvgIpc) is 3.87. The van der Waals surface area contributed by atoms with Gasteiger partial charge in [0.2, 0.25) is 23.6 Å². The number of aromatic nitrogens is 4. The maximum absolute atomic E-state index is 13.3. The highest BCUT2D eigenvalue weighted by Gasteiger charge is 2.40. The molecule has 5 amide bonds. The number of ether oxygens (including phenoxy) is 3. The first kappa shape index (κ1) is 44.6. The van der Waals surface area contributed by atoms with Crippen LogP contribution in [0, 0.1) is 0 Å². The number of fused-ring (bicyclic) bond motifs is 2. The number of carbonyl (C=O) groups is 5. The molecule has 1 atom stereocenters. The van der Waals surface area contributed by atoms with E-state index >= 15 is 0 Å². The maximum atomic E-state index is 13.3. The summed E-state index contributed by atoms with van der Waals surface area (Å²) >= 11 is 0. The van der Waals surface area contributed by atoms with Gasteiger partial charge in [0, 0.05) is 58.0 Å². The van der Waals surface area contributed by atoms with E-state index in [-0.39, 0.29) is 62.1 Å². The van der Waals surface area contributed by atoms with E-state index in [4.69, 9.17) is 25.0 Å². The van der Waals surface area contributed by atoms with Crippen molar-refractivity contribution >= 4 is 57.8 Å². The van der Waals surface area contributed by atoms with Crippen molar-refractivity contribution in [2.24, 2.45) is 0 Å². The number of hydrogen-bond donors (Lipinski definition) is 4. The Morgan fingerprint density at radius 1 is 0.892 bits per heavy atom. The number of benzene rings is 3. The quantitative estimate of drug-likeness (QED) is 0.0474. The fourth-order valence-corrected chi connectivity index (χ4v) is 8.46. The van der Waals surface area contributed by atoms with Crippen LogP contribution in [-0.2, 0) is 35.2 Å². The molecule has 338 valence electrons. The maximum Gasteiger partial charge on any atom is 0.257 e. The van der Waals surface area contributed by atoms with E-state index in [1.54, 1.807) is 24.3 Å². The standard InChI is InChI=1S/C47H52N10O8/c1-2-38(58)52-35-27-30(13-15-37(35)65-33-10-4-3-5-11-33)43-42-44(48)49-29-50-45(42)57(54-43)32-17-21-55(22-18-32)20-7-23-63-24-8-25-64-26-19-40(60)51-34-12-6-9-31-28-56(47(62)41(31)34)36-14-16-39(59)53-46(36)61/h2-6,9-13,15,27,29,32,36H,1,7-8,14,16-26,28H2,(H,51,60)(H,52,58)(H2,48,49,50)(H,53,59,61). The van der Waals surface area contributed by atoms with Gasteiger partial charge in [-0.1, -0.05) is 36.9 Å². The van der Waals surface area contributed by atoms with E-state index in [9.17, 15) is 24.0 Å². The van der Waals surface area contributed by atoms with E-state index in [2.05, 4.69) is 37.4 Å². The van der Waals surface area contributed by atoms with Crippen LogP contribution in [0.1, 0.15) is 66.9 Å². The number of imide groups is 1. The summed E-state index contributed by atoms with van der Waals surface area (Å²) in [5, 5.41) is 13.7. The second-order valence-corrected chi connectivity index (χ2v) is 16.1. The molecule has 0 aliphatic carbocycles. The van der Waals surface area contributed by atoms with Crippen LogP contribution in [-0.4, -0.2) is 111 Å². The van der Waals surface area contributed by atoms with Crippen LogP contribution >= 0.6 is 0 Å². The van der Waals surface area contributed by atoms with Gasteiger partial charge >= 0.3 is 0 Å². The van der Waals surface area contributed by atoms with E-state index in [0.29, 0.717) is 77.2 Å². The Balaban J connectivity index is 0.746. The van der Waals surface area contributed by atoms with Crippen LogP contribution in [0.25, 0.3) is 22.3 Å². The molecule has 1 unspecified atom stereocenters. The Morgan fingerprint density at radius 3 is 2.46 bits per heavy atom. The zero-order valence-electron chi connectivity index (χ0n) is 36.0. The number of amides is 5. The lowest BCUT2D eigenvalue weighted by Gasteiger charge is -2.32. The van der Waals surface area contributed by atoms with Crippen molar-refractivity contribution in [2.45, 2.75) is 63.6 Å². The van der Waals surface area contributed by atoms with E-state index < -0.39 is 11.9 Å². The molecule has 0 bridgehead atoms. The molecule has 3 aliphatic heterocycles. The number of nitrogens with zero attached hydrogens (tertiary/aromatic N) is 6. The van der Waals surface area contributed by atoms with Gasteiger partial charge < -0.3 is 40.4 Å². The van der Waals surface area contributed by atoms with Gasteiger partial charge in [0.25, 0.3) is 5.91 Å². The first-order chi connectivity index (χ1) is 31.7. The van der Waals surface area contributed by atoms with Crippen LogP contribution in [0.3, 0.4) is 0 Å². The first-order valence-electron chi connectivity index (χ1n) is 21.9. The lowest BCUT2D eigenvalue weighted by atomic mass is 10.0. The average molecular weight is 885 g/mol. The number of piperidine rings is 2. The second kappa shape index (κ2) is 20.7. The van der Waals surface area contributed by atoms with E-state index in [0.717, 1.165) is 50.0 Å². The molecule has 2 fully saturated rings. The second-order valence-electron chi connectivity index (χ2n) is 16.1. The summed E-state index contributed by atoms with van der Waals surface area (Å²) in [4.78, 5) is 75.3. The van der Waals surface area contributed by atoms with Crippen molar-refractivity contribution < 1.29 is 38.2 Å². The molecule has 18 heteroatoms. The summed E-state index contributed by atoms with van der Waals surface area (Å²) in [6, 6.07) is 19.4. The Bertz CT molecular complexity index is 2570. The number of anilines is 3. The Labute approximate surface area is 375 Å². The fraction of sp³-hybridized carbons (Fsp3) is 0.362.